The average molecular weight is 381 g/mol. The summed E-state index contributed by atoms with van der Waals surface area (Å²) in [5, 5.41) is 18.0. The number of nitrogens with one attached hydrogen (secondary N) is 3. The molecule has 8 heteroatoms. The minimum Gasteiger partial charge on any atom is -0.394 e. The summed E-state index contributed by atoms with van der Waals surface area (Å²) in [4.78, 5) is 23.8. The third kappa shape index (κ3) is 6.80. The molecule has 1 aromatic rings. The zero-order valence-corrected chi connectivity index (χ0v) is 15.7. The molecule has 1 fully saturated rings. The highest BCUT2D eigenvalue weighted by Crippen LogP contribution is 2.22. The molecule has 3 amide bonds. The Morgan fingerprint density at radius 2 is 1.96 bits per heavy atom. The number of hydrogen-bond acceptors (Lipinski definition) is 4. The summed E-state index contributed by atoms with van der Waals surface area (Å²) in [6, 6.07) is 4.82. The lowest BCUT2D eigenvalue weighted by molar-refractivity contribution is -0.0892. The van der Waals surface area contributed by atoms with Gasteiger partial charge in [-0.1, -0.05) is 0 Å². The van der Waals surface area contributed by atoms with Crippen LogP contribution in [0.3, 0.4) is 0 Å². The minimum absolute atomic E-state index is 0.0696. The number of benzene rings is 1. The van der Waals surface area contributed by atoms with Crippen LogP contribution in [0.15, 0.2) is 24.3 Å². The van der Waals surface area contributed by atoms with Crippen molar-refractivity contribution in [1.82, 2.24) is 16.0 Å². The van der Waals surface area contributed by atoms with Gasteiger partial charge in [-0.3, -0.25) is 4.79 Å². The topological polar surface area (TPSA) is 99.7 Å². The van der Waals surface area contributed by atoms with Crippen molar-refractivity contribution in [3.05, 3.63) is 35.6 Å². The van der Waals surface area contributed by atoms with E-state index in [4.69, 9.17) is 4.74 Å². The maximum absolute atomic E-state index is 13.0. The third-order valence-corrected chi connectivity index (χ3v) is 4.39. The maximum Gasteiger partial charge on any atom is 0.314 e. The summed E-state index contributed by atoms with van der Waals surface area (Å²) in [7, 11) is 0. The number of aliphatic hydroxyl groups is 1. The van der Waals surface area contributed by atoms with Crippen LogP contribution in [0.2, 0.25) is 0 Å². The second-order valence-corrected chi connectivity index (χ2v) is 6.99. The van der Waals surface area contributed by atoms with Gasteiger partial charge in [-0.2, -0.15) is 0 Å². The smallest absolute Gasteiger partial charge is 0.314 e. The van der Waals surface area contributed by atoms with Crippen LogP contribution in [0, 0.1) is 5.82 Å². The van der Waals surface area contributed by atoms with E-state index in [-0.39, 0.29) is 36.7 Å². The van der Waals surface area contributed by atoms with Crippen molar-refractivity contribution in [3.8, 4) is 0 Å². The number of urea groups is 1. The van der Waals surface area contributed by atoms with Gasteiger partial charge in [0.1, 0.15) is 11.9 Å². The molecule has 0 unspecified atom stereocenters. The Balaban J connectivity index is 1.79. The molecule has 3 atom stereocenters. The lowest BCUT2D eigenvalue weighted by atomic mass is 9.96. The second-order valence-electron chi connectivity index (χ2n) is 6.99. The molecule has 1 saturated heterocycles. The monoisotopic (exact) mass is 381 g/mol. The highest BCUT2D eigenvalue weighted by Gasteiger charge is 2.31. The molecule has 1 heterocycles. The number of carbonyl (C=O) groups excluding carboxylic acids is 2. The molecular formula is C19H28FN3O4. The van der Waals surface area contributed by atoms with Crippen LogP contribution in [0.1, 0.15) is 43.5 Å². The number of ether oxygens (including phenoxy) is 1. The first-order valence-corrected chi connectivity index (χ1v) is 9.26. The molecule has 0 bridgehead atoms. The largest absolute Gasteiger partial charge is 0.394 e. The highest BCUT2D eigenvalue weighted by atomic mass is 19.1. The van der Waals surface area contributed by atoms with Gasteiger partial charge in [0.05, 0.1) is 18.8 Å². The third-order valence-electron chi connectivity index (χ3n) is 4.39. The molecule has 0 aromatic heterocycles. The summed E-state index contributed by atoms with van der Waals surface area (Å²) < 4.78 is 18.8. The van der Waals surface area contributed by atoms with E-state index in [2.05, 4.69) is 16.0 Å². The van der Waals surface area contributed by atoms with E-state index in [0.717, 1.165) is 0 Å². The van der Waals surface area contributed by atoms with Crippen molar-refractivity contribution in [3.63, 3.8) is 0 Å². The summed E-state index contributed by atoms with van der Waals surface area (Å²) in [6.45, 7) is 4.02. The van der Waals surface area contributed by atoms with Gasteiger partial charge in [0.2, 0.25) is 0 Å². The molecule has 1 aliphatic heterocycles. The summed E-state index contributed by atoms with van der Waals surface area (Å²) in [6.07, 6.45) is 1.37. The minimum atomic E-state index is -0.516. The van der Waals surface area contributed by atoms with Crippen LogP contribution >= 0.6 is 0 Å². The Bertz CT molecular complexity index is 624. The summed E-state index contributed by atoms with van der Waals surface area (Å²) in [5.41, 5.74) is 0.357. The summed E-state index contributed by atoms with van der Waals surface area (Å²) in [5.74, 6) is -0.730. The predicted molar refractivity (Wildman–Crippen MR) is 98.9 cm³/mol. The lowest BCUT2D eigenvalue weighted by Crippen LogP contribution is -2.51. The van der Waals surface area contributed by atoms with Crippen LogP contribution < -0.4 is 16.0 Å². The van der Waals surface area contributed by atoms with E-state index in [1.807, 2.05) is 13.8 Å². The number of aliphatic hydroxyl groups excluding tert-OH is 1. The van der Waals surface area contributed by atoms with Crippen LogP contribution in [0.5, 0.6) is 0 Å². The fourth-order valence-corrected chi connectivity index (χ4v) is 3.02. The van der Waals surface area contributed by atoms with Gasteiger partial charge >= 0.3 is 6.03 Å². The SMILES string of the molecule is CC(C)NC(=O)NCC[C@@H]1CC[C@@H](NC(=O)c2ccc(F)cc2)[C@H](CO)O1. The first-order chi connectivity index (χ1) is 12.9. The van der Waals surface area contributed by atoms with Crippen LogP contribution in [0.25, 0.3) is 0 Å². The van der Waals surface area contributed by atoms with Crippen LogP contribution in [-0.4, -0.2) is 54.5 Å². The first kappa shape index (κ1) is 21.1. The molecule has 7 nitrogen and oxygen atoms in total. The van der Waals surface area contributed by atoms with Crippen molar-refractivity contribution in [2.45, 2.75) is 57.4 Å². The van der Waals surface area contributed by atoms with Gasteiger partial charge in [-0.25, -0.2) is 9.18 Å². The molecule has 0 saturated carbocycles. The van der Waals surface area contributed by atoms with Gasteiger partial charge in [-0.15, -0.1) is 0 Å². The van der Waals surface area contributed by atoms with Crippen molar-refractivity contribution in [1.29, 1.82) is 0 Å². The second kappa shape index (κ2) is 10.2. The van der Waals surface area contributed by atoms with Gasteiger partial charge in [0.15, 0.2) is 0 Å². The van der Waals surface area contributed by atoms with Gasteiger partial charge in [0, 0.05) is 18.2 Å². The van der Waals surface area contributed by atoms with Crippen molar-refractivity contribution < 1.29 is 23.8 Å². The van der Waals surface area contributed by atoms with Gasteiger partial charge in [0.25, 0.3) is 5.91 Å². The number of carbonyl (C=O) groups is 2. The Morgan fingerprint density at radius 3 is 2.59 bits per heavy atom. The maximum atomic E-state index is 13.0. The first-order valence-electron chi connectivity index (χ1n) is 9.26. The molecule has 27 heavy (non-hydrogen) atoms. The molecule has 4 N–H and O–H groups in total. The average Bonchev–Trinajstić information content (AvgIpc) is 2.62. The summed E-state index contributed by atoms with van der Waals surface area (Å²) >= 11 is 0. The zero-order valence-electron chi connectivity index (χ0n) is 15.7. The van der Waals surface area contributed by atoms with Crippen LogP contribution in [-0.2, 0) is 4.74 Å². The lowest BCUT2D eigenvalue weighted by Gasteiger charge is -2.36. The Labute approximate surface area is 158 Å². The molecule has 0 aliphatic carbocycles. The molecule has 1 aromatic carbocycles. The Hall–Kier alpha value is -2.19. The zero-order chi connectivity index (χ0) is 19.8. The highest BCUT2D eigenvalue weighted by molar-refractivity contribution is 5.94. The molecular weight excluding hydrogens is 353 g/mol. The van der Waals surface area contributed by atoms with Gasteiger partial charge in [-0.05, 0) is 57.4 Å². The molecule has 1 aliphatic rings. The van der Waals surface area contributed by atoms with Crippen molar-refractivity contribution >= 4 is 11.9 Å². The fraction of sp³-hybridized carbons (Fsp3) is 0.579. The van der Waals surface area contributed by atoms with E-state index in [9.17, 15) is 19.1 Å². The van der Waals surface area contributed by atoms with Crippen LogP contribution in [0.4, 0.5) is 9.18 Å². The number of halogens is 1. The Kier molecular flexibility index (Phi) is 7.99. The van der Waals surface area contributed by atoms with E-state index < -0.39 is 11.9 Å². The quantitative estimate of drug-likeness (QED) is 0.576. The van der Waals surface area contributed by atoms with E-state index in [1.54, 1.807) is 0 Å². The normalized spacial score (nSPS) is 22.3. The predicted octanol–water partition coefficient (Wildman–Crippen LogP) is 1.56. The molecule has 150 valence electrons. The van der Waals surface area contributed by atoms with Crippen molar-refractivity contribution in [2.75, 3.05) is 13.2 Å². The Morgan fingerprint density at radius 1 is 1.26 bits per heavy atom. The fourth-order valence-electron chi connectivity index (χ4n) is 3.02. The number of hydrogen-bond donors (Lipinski definition) is 4. The molecule has 0 spiro atoms. The van der Waals surface area contributed by atoms with Crippen molar-refractivity contribution in [2.24, 2.45) is 0 Å². The number of rotatable bonds is 7. The van der Waals surface area contributed by atoms with Gasteiger partial charge < -0.3 is 25.8 Å². The van der Waals surface area contributed by atoms with E-state index >= 15 is 0 Å². The van der Waals surface area contributed by atoms with E-state index in [1.165, 1.54) is 24.3 Å². The number of amides is 3. The molecule has 2 rings (SSSR count). The molecule has 0 radical (unpaired) electrons. The van der Waals surface area contributed by atoms with E-state index in [0.29, 0.717) is 31.4 Å². The standard InChI is InChI=1S/C19H28FN3O4/c1-12(2)22-19(26)21-10-9-15-7-8-16(17(11-24)27-15)23-18(25)13-3-5-14(20)6-4-13/h3-6,12,15-17,24H,7-11H2,1-2H3,(H,23,25)(H2,21,22,26)/t15-,16+,17-/m0/s1.